The van der Waals surface area contributed by atoms with Gasteiger partial charge in [-0.05, 0) is 36.4 Å². The molecule has 5 rings (SSSR count). The Morgan fingerprint density at radius 3 is 2.39 bits per heavy atom. The van der Waals surface area contributed by atoms with Crippen LogP contribution in [0.1, 0.15) is 11.3 Å². The van der Waals surface area contributed by atoms with E-state index in [1.54, 1.807) is 29.8 Å². The number of anilines is 2. The highest BCUT2D eigenvalue weighted by molar-refractivity contribution is 6.33. The molecule has 0 unspecified atom stereocenters. The maximum Gasteiger partial charge on any atom is 0.432 e. The van der Waals surface area contributed by atoms with E-state index in [-0.39, 0.29) is 33.9 Å². The highest BCUT2D eigenvalue weighted by Gasteiger charge is 2.33. The number of halogens is 7. The Balaban J connectivity index is 1.40. The zero-order valence-corrected chi connectivity index (χ0v) is 19.9. The summed E-state index contributed by atoms with van der Waals surface area (Å²) in [6.45, 7) is 0. The molecule has 196 valence electrons. The summed E-state index contributed by atoms with van der Waals surface area (Å²) in [4.78, 5) is 14.4. The summed E-state index contributed by atoms with van der Waals surface area (Å²) in [5.74, 6) is 0.797. The molecule has 2 N–H and O–H groups in total. The second kappa shape index (κ2) is 9.24. The number of ether oxygens (including phenoxy) is 1. The molecule has 0 saturated carbocycles. The zero-order valence-electron chi connectivity index (χ0n) is 19.1. The van der Waals surface area contributed by atoms with E-state index in [1.165, 1.54) is 18.3 Å². The minimum absolute atomic E-state index is 0.0345. The van der Waals surface area contributed by atoms with Crippen molar-refractivity contribution < 1.29 is 31.1 Å². The van der Waals surface area contributed by atoms with E-state index in [0.29, 0.717) is 23.0 Å². The van der Waals surface area contributed by atoms with Crippen LogP contribution in [0, 0.1) is 0 Å². The number of fused-ring (bicyclic) bond motifs is 1. The first-order chi connectivity index (χ1) is 17.9. The lowest BCUT2D eigenvalue weighted by Crippen LogP contribution is -2.06. The second-order valence-corrected chi connectivity index (χ2v) is 8.49. The second-order valence-electron chi connectivity index (χ2n) is 8.08. The topological polar surface area (TPSA) is 80.7 Å². The van der Waals surface area contributed by atoms with Crippen molar-refractivity contribution in [1.29, 1.82) is 0 Å². The minimum atomic E-state index is -4.57. The monoisotopic (exact) mass is 552 g/mol. The third-order valence-corrected chi connectivity index (χ3v) is 5.81. The third kappa shape index (κ3) is 5.09. The van der Waals surface area contributed by atoms with Crippen LogP contribution in [0.5, 0.6) is 11.5 Å². The van der Waals surface area contributed by atoms with Crippen molar-refractivity contribution in [1.82, 2.24) is 24.5 Å². The smallest absolute Gasteiger partial charge is 0.432 e. The van der Waals surface area contributed by atoms with Crippen molar-refractivity contribution in [2.75, 3.05) is 5.32 Å². The van der Waals surface area contributed by atoms with Crippen molar-refractivity contribution in [3.63, 3.8) is 0 Å². The first-order valence-corrected chi connectivity index (χ1v) is 11.1. The van der Waals surface area contributed by atoms with Gasteiger partial charge in [0.25, 0.3) is 0 Å². The molecule has 0 fully saturated rings. The van der Waals surface area contributed by atoms with E-state index in [2.05, 4.69) is 25.3 Å². The highest BCUT2D eigenvalue weighted by atomic mass is 35.5. The fourth-order valence-electron chi connectivity index (χ4n) is 3.61. The number of alkyl halides is 6. The van der Waals surface area contributed by atoms with Gasteiger partial charge in [0, 0.05) is 25.4 Å². The number of aromatic amines is 1. The minimum Gasteiger partial charge on any atom is -0.457 e. The van der Waals surface area contributed by atoms with E-state index >= 15 is 0 Å². The van der Waals surface area contributed by atoms with Crippen LogP contribution in [0.25, 0.3) is 22.6 Å². The van der Waals surface area contributed by atoms with E-state index in [9.17, 15) is 26.3 Å². The van der Waals surface area contributed by atoms with Gasteiger partial charge in [0.15, 0.2) is 5.82 Å². The van der Waals surface area contributed by atoms with Crippen LogP contribution < -0.4 is 10.1 Å². The zero-order chi connectivity index (χ0) is 27.2. The summed E-state index contributed by atoms with van der Waals surface area (Å²) >= 11 is 6.09. The molecule has 0 saturated heterocycles. The van der Waals surface area contributed by atoms with Gasteiger partial charge in [0.2, 0.25) is 5.95 Å². The van der Waals surface area contributed by atoms with Crippen molar-refractivity contribution in [2.24, 2.45) is 7.05 Å². The summed E-state index contributed by atoms with van der Waals surface area (Å²) in [6, 6.07) is 10.8. The van der Waals surface area contributed by atoms with Gasteiger partial charge in [-0.1, -0.05) is 11.6 Å². The molecule has 0 amide bonds. The van der Waals surface area contributed by atoms with Gasteiger partial charge in [-0.2, -0.15) is 26.3 Å². The van der Waals surface area contributed by atoms with E-state index in [1.807, 2.05) is 0 Å². The number of aryl methyl sites for hydroxylation is 1. The normalized spacial score (nSPS) is 12.2. The number of imidazole rings is 2. The average Bonchev–Trinajstić information content (AvgIpc) is 3.46. The number of aromatic nitrogens is 5. The van der Waals surface area contributed by atoms with Gasteiger partial charge in [-0.15, -0.1) is 0 Å². The number of rotatable bonds is 5. The van der Waals surface area contributed by atoms with Gasteiger partial charge in [0.05, 0.1) is 33.5 Å². The number of nitrogens with zero attached hydrogens (tertiary/aromatic N) is 4. The predicted octanol–water partition coefficient (Wildman–Crippen LogP) is 7.59. The highest BCUT2D eigenvalue weighted by Crippen LogP contribution is 2.36. The van der Waals surface area contributed by atoms with Gasteiger partial charge in [0.1, 0.15) is 22.9 Å². The van der Waals surface area contributed by atoms with Crippen molar-refractivity contribution in [3.05, 3.63) is 77.2 Å². The molecule has 0 aliphatic rings. The lowest BCUT2D eigenvalue weighted by Gasteiger charge is -2.12. The van der Waals surface area contributed by atoms with E-state index < -0.39 is 23.6 Å². The van der Waals surface area contributed by atoms with E-state index in [4.69, 9.17) is 16.3 Å². The van der Waals surface area contributed by atoms with Crippen LogP contribution in [-0.4, -0.2) is 24.5 Å². The summed E-state index contributed by atoms with van der Waals surface area (Å²) in [6.07, 6.45) is -7.07. The summed E-state index contributed by atoms with van der Waals surface area (Å²) in [5, 5.41) is 2.91. The molecular weight excluding hydrogens is 538 g/mol. The number of benzene rings is 2. The molecule has 0 spiro atoms. The molecule has 38 heavy (non-hydrogen) atoms. The largest absolute Gasteiger partial charge is 0.457 e. The van der Waals surface area contributed by atoms with Crippen molar-refractivity contribution in [2.45, 2.75) is 12.4 Å². The molecular formula is C24H15ClF6N6O. The van der Waals surface area contributed by atoms with E-state index in [0.717, 1.165) is 18.2 Å². The molecule has 3 aromatic heterocycles. The summed E-state index contributed by atoms with van der Waals surface area (Å²) < 4.78 is 85.4. The first-order valence-electron chi connectivity index (χ1n) is 10.8. The molecule has 0 bridgehead atoms. The van der Waals surface area contributed by atoms with Crippen molar-refractivity contribution >= 4 is 34.3 Å². The number of hydrogen-bond acceptors (Lipinski definition) is 5. The van der Waals surface area contributed by atoms with Crippen LogP contribution in [-0.2, 0) is 19.4 Å². The first kappa shape index (κ1) is 25.4. The lowest BCUT2D eigenvalue weighted by molar-refractivity contribution is -0.141. The van der Waals surface area contributed by atoms with Gasteiger partial charge in [-0.25, -0.2) is 9.97 Å². The number of nitrogens with one attached hydrogen (secondary N) is 2. The Morgan fingerprint density at radius 2 is 1.68 bits per heavy atom. The Morgan fingerprint density at radius 1 is 0.921 bits per heavy atom. The molecule has 5 aromatic rings. The Bertz CT molecular complexity index is 1640. The molecule has 14 heteroatoms. The number of H-pyrrole nitrogens is 1. The van der Waals surface area contributed by atoms with Gasteiger partial charge >= 0.3 is 12.4 Å². The molecule has 0 aliphatic carbocycles. The van der Waals surface area contributed by atoms with Crippen LogP contribution in [0.3, 0.4) is 0 Å². The van der Waals surface area contributed by atoms with Crippen molar-refractivity contribution in [3.8, 4) is 23.0 Å². The fourth-order valence-corrected chi connectivity index (χ4v) is 3.77. The predicted molar refractivity (Wildman–Crippen MR) is 127 cm³/mol. The molecule has 0 atom stereocenters. The molecule has 2 aromatic carbocycles. The summed E-state index contributed by atoms with van der Waals surface area (Å²) in [7, 11) is 1.67. The number of pyridine rings is 1. The van der Waals surface area contributed by atoms with Gasteiger partial charge < -0.3 is 19.6 Å². The molecule has 3 heterocycles. The average molecular weight is 553 g/mol. The van der Waals surface area contributed by atoms with Crippen LogP contribution >= 0.6 is 11.6 Å². The Hall–Kier alpha value is -4.26. The Labute approximate surface area is 215 Å². The standard InChI is InChI=1S/C24H15ClF6N6O/c1-37-19-5-3-13(38-14-6-7-32-18(10-14)21-33-11-20(36-21)24(29,30)31)9-17(19)35-22(37)34-16-8-12(23(26,27)28)2-4-15(16)25/h2-11H,1H3,(H,33,36)(H,34,35). The third-order valence-electron chi connectivity index (χ3n) is 5.48. The number of hydrogen-bond donors (Lipinski definition) is 2. The quantitative estimate of drug-likeness (QED) is 0.220. The molecule has 0 radical (unpaired) electrons. The van der Waals surface area contributed by atoms with Crippen LogP contribution in [0.15, 0.2) is 60.9 Å². The lowest BCUT2D eigenvalue weighted by atomic mass is 10.2. The van der Waals surface area contributed by atoms with Crippen LogP contribution in [0.4, 0.5) is 38.0 Å². The summed E-state index contributed by atoms with van der Waals surface area (Å²) in [5.41, 5.74) is -0.579. The fraction of sp³-hybridized carbons (Fsp3) is 0.125. The van der Waals surface area contributed by atoms with Gasteiger partial charge in [-0.3, -0.25) is 4.98 Å². The maximum atomic E-state index is 13.1. The molecule has 7 nitrogen and oxygen atoms in total. The SMILES string of the molecule is Cn1c(Nc2cc(C(F)(F)F)ccc2Cl)nc2cc(Oc3ccnc(-c4ncc(C(F)(F)F)[nH]4)c3)ccc21. The van der Waals surface area contributed by atoms with Crippen LogP contribution in [0.2, 0.25) is 5.02 Å². The maximum absolute atomic E-state index is 13.1. The molecule has 0 aliphatic heterocycles. The Kier molecular flexibility index (Phi) is 6.18.